The zero-order valence-electron chi connectivity index (χ0n) is 21.8. The molecule has 0 atom stereocenters. The third kappa shape index (κ3) is 5.22. The molecule has 3 nitrogen and oxygen atoms in total. The standard InChI is InChI=1S/C35H26ClN3/c1-23-11-9-10-16-31(23)32-18-17-27(19-24(32)2)33-37-34(39-35(36)38-33)30-21-28(25-12-5-3-6-13-25)20-29(22-30)26-14-7-4-8-15-26/h3-22H,1-2H3. The van der Waals surface area contributed by atoms with Crippen molar-refractivity contribution in [2.45, 2.75) is 13.8 Å². The summed E-state index contributed by atoms with van der Waals surface area (Å²) in [4.78, 5) is 13.9. The minimum absolute atomic E-state index is 0.169. The van der Waals surface area contributed by atoms with E-state index in [0.29, 0.717) is 11.6 Å². The highest BCUT2D eigenvalue weighted by molar-refractivity contribution is 6.28. The van der Waals surface area contributed by atoms with Crippen molar-refractivity contribution < 1.29 is 0 Å². The molecule has 0 amide bonds. The van der Waals surface area contributed by atoms with E-state index in [4.69, 9.17) is 16.6 Å². The van der Waals surface area contributed by atoms with E-state index in [1.807, 2.05) is 36.4 Å². The van der Waals surface area contributed by atoms with Crippen LogP contribution >= 0.6 is 11.6 Å². The second-order valence-corrected chi connectivity index (χ2v) is 9.97. The van der Waals surface area contributed by atoms with Crippen LogP contribution in [0.4, 0.5) is 0 Å². The zero-order chi connectivity index (χ0) is 26.8. The van der Waals surface area contributed by atoms with Crippen molar-refractivity contribution >= 4 is 11.6 Å². The topological polar surface area (TPSA) is 38.7 Å². The predicted octanol–water partition coefficient (Wildman–Crippen LogP) is 9.48. The number of aryl methyl sites for hydroxylation is 2. The molecule has 0 aliphatic carbocycles. The summed E-state index contributed by atoms with van der Waals surface area (Å²) in [5.41, 5.74) is 11.0. The fourth-order valence-electron chi connectivity index (χ4n) is 4.94. The van der Waals surface area contributed by atoms with Gasteiger partial charge in [0.25, 0.3) is 0 Å². The SMILES string of the molecule is Cc1ccccc1-c1ccc(-c2nc(Cl)nc(-c3cc(-c4ccccc4)cc(-c4ccccc4)c3)n2)cc1C. The van der Waals surface area contributed by atoms with Crippen molar-refractivity contribution in [2.24, 2.45) is 0 Å². The van der Waals surface area contributed by atoms with Crippen LogP contribution < -0.4 is 0 Å². The molecule has 0 N–H and O–H groups in total. The first-order valence-electron chi connectivity index (χ1n) is 12.9. The second-order valence-electron chi connectivity index (χ2n) is 9.63. The van der Waals surface area contributed by atoms with Crippen molar-refractivity contribution in [3.63, 3.8) is 0 Å². The summed E-state index contributed by atoms with van der Waals surface area (Å²) in [6.45, 7) is 4.25. The van der Waals surface area contributed by atoms with Gasteiger partial charge in [0.1, 0.15) is 0 Å². The van der Waals surface area contributed by atoms with Crippen LogP contribution in [0.1, 0.15) is 11.1 Å². The molecule has 0 fully saturated rings. The molecule has 0 spiro atoms. The smallest absolute Gasteiger partial charge is 0.208 e. The third-order valence-electron chi connectivity index (χ3n) is 6.93. The summed E-state index contributed by atoms with van der Waals surface area (Å²) in [6, 6.07) is 41.8. The highest BCUT2D eigenvalue weighted by Gasteiger charge is 2.14. The van der Waals surface area contributed by atoms with Crippen LogP contribution in [-0.4, -0.2) is 15.0 Å². The van der Waals surface area contributed by atoms with E-state index in [1.54, 1.807) is 0 Å². The molecule has 0 saturated heterocycles. The molecule has 188 valence electrons. The summed E-state index contributed by atoms with van der Waals surface area (Å²) in [7, 11) is 0. The Labute approximate surface area is 233 Å². The number of nitrogens with zero attached hydrogens (tertiary/aromatic N) is 3. The van der Waals surface area contributed by atoms with Gasteiger partial charge in [0, 0.05) is 11.1 Å². The minimum atomic E-state index is 0.169. The molecule has 0 unspecified atom stereocenters. The van der Waals surface area contributed by atoms with Gasteiger partial charge in [0.2, 0.25) is 5.28 Å². The van der Waals surface area contributed by atoms with Crippen molar-refractivity contribution in [1.82, 2.24) is 15.0 Å². The first-order valence-corrected chi connectivity index (χ1v) is 13.3. The lowest BCUT2D eigenvalue weighted by Crippen LogP contribution is -1.98. The first kappa shape index (κ1) is 24.7. The van der Waals surface area contributed by atoms with Crippen molar-refractivity contribution in [1.29, 1.82) is 0 Å². The maximum absolute atomic E-state index is 6.49. The second kappa shape index (κ2) is 10.6. The Bertz CT molecular complexity index is 1720. The van der Waals surface area contributed by atoms with Gasteiger partial charge in [-0.1, -0.05) is 97.1 Å². The monoisotopic (exact) mass is 523 g/mol. The van der Waals surface area contributed by atoms with Crippen LogP contribution in [0.15, 0.2) is 121 Å². The number of rotatable bonds is 5. The van der Waals surface area contributed by atoms with E-state index in [0.717, 1.165) is 38.9 Å². The zero-order valence-corrected chi connectivity index (χ0v) is 22.5. The fraction of sp³-hybridized carbons (Fsp3) is 0.0571. The number of halogens is 1. The van der Waals surface area contributed by atoms with Gasteiger partial charge >= 0.3 is 0 Å². The molecule has 0 saturated carbocycles. The lowest BCUT2D eigenvalue weighted by atomic mass is 9.95. The van der Waals surface area contributed by atoms with E-state index in [2.05, 4.69) is 109 Å². The molecule has 6 aromatic rings. The third-order valence-corrected chi connectivity index (χ3v) is 7.10. The fourth-order valence-corrected chi connectivity index (χ4v) is 5.10. The lowest BCUT2D eigenvalue weighted by molar-refractivity contribution is 1.07. The molecule has 5 aromatic carbocycles. The van der Waals surface area contributed by atoms with Crippen molar-refractivity contribution in [3.05, 3.63) is 138 Å². The van der Waals surface area contributed by atoms with Crippen LogP contribution in [0.25, 0.3) is 56.2 Å². The van der Waals surface area contributed by atoms with Crippen LogP contribution in [0.5, 0.6) is 0 Å². The number of aromatic nitrogens is 3. The molecule has 39 heavy (non-hydrogen) atoms. The predicted molar refractivity (Wildman–Crippen MR) is 161 cm³/mol. The molecule has 6 rings (SSSR count). The van der Waals surface area contributed by atoms with Crippen molar-refractivity contribution in [2.75, 3.05) is 0 Å². The summed E-state index contributed by atoms with van der Waals surface area (Å²) in [6.07, 6.45) is 0. The van der Waals surface area contributed by atoms with E-state index < -0.39 is 0 Å². The van der Waals surface area contributed by atoms with Gasteiger partial charge in [-0.3, -0.25) is 0 Å². The molecule has 1 heterocycles. The number of hydrogen-bond donors (Lipinski definition) is 0. The number of hydrogen-bond acceptors (Lipinski definition) is 3. The van der Waals surface area contributed by atoms with E-state index in [-0.39, 0.29) is 5.28 Å². The highest BCUT2D eigenvalue weighted by atomic mass is 35.5. The van der Waals surface area contributed by atoms with Gasteiger partial charge in [0.05, 0.1) is 0 Å². The molecule has 0 aliphatic rings. The summed E-state index contributed by atoms with van der Waals surface area (Å²) >= 11 is 6.49. The Morgan fingerprint density at radius 2 is 0.923 bits per heavy atom. The average Bonchev–Trinajstić information content (AvgIpc) is 2.98. The minimum Gasteiger partial charge on any atom is -0.208 e. The highest BCUT2D eigenvalue weighted by Crippen LogP contribution is 2.34. The molecule has 0 aliphatic heterocycles. The molecule has 4 heteroatoms. The van der Waals surface area contributed by atoms with Crippen LogP contribution in [0.2, 0.25) is 5.28 Å². The molecular weight excluding hydrogens is 498 g/mol. The Balaban J connectivity index is 1.46. The quantitative estimate of drug-likeness (QED) is 0.226. The van der Waals surface area contributed by atoms with Gasteiger partial charge in [0.15, 0.2) is 11.6 Å². The number of benzene rings is 5. The van der Waals surface area contributed by atoms with Crippen LogP contribution in [-0.2, 0) is 0 Å². The summed E-state index contributed by atoms with van der Waals surface area (Å²) < 4.78 is 0. The van der Waals surface area contributed by atoms with Gasteiger partial charge in [-0.15, -0.1) is 0 Å². The first-order chi connectivity index (χ1) is 19.0. The van der Waals surface area contributed by atoms with Gasteiger partial charge in [-0.2, -0.15) is 9.97 Å². The van der Waals surface area contributed by atoms with Crippen LogP contribution in [0, 0.1) is 13.8 Å². The molecular formula is C35H26ClN3. The Morgan fingerprint density at radius 3 is 1.51 bits per heavy atom. The van der Waals surface area contributed by atoms with Gasteiger partial charge in [-0.05, 0) is 94.2 Å². The molecule has 0 bridgehead atoms. The maximum atomic E-state index is 6.49. The van der Waals surface area contributed by atoms with Crippen LogP contribution in [0.3, 0.4) is 0 Å². The van der Waals surface area contributed by atoms with E-state index in [1.165, 1.54) is 16.7 Å². The maximum Gasteiger partial charge on any atom is 0.226 e. The molecule has 0 radical (unpaired) electrons. The lowest BCUT2D eigenvalue weighted by Gasteiger charge is -2.12. The largest absolute Gasteiger partial charge is 0.226 e. The summed E-state index contributed by atoms with van der Waals surface area (Å²) in [5, 5.41) is 0.169. The Morgan fingerprint density at radius 1 is 0.410 bits per heavy atom. The molecule has 1 aromatic heterocycles. The average molecular weight is 524 g/mol. The van der Waals surface area contributed by atoms with Gasteiger partial charge < -0.3 is 0 Å². The normalized spacial score (nSPS) is 10.9. The summed E-state index contributed by atoms with van der Waals surface area (Å²) in [5.74, 6) is 1.09. The van der Waals surface area contributed by atoms with Gasteiger partial charge in [-0.25, -0.2) is 4.98 Å². The van der Waals surface area contributed by atoms with E-state index in [9.17, 15) is 0 Å². The Kier molecular flexibility index (Phi) is 6.75. The van der Waals surface area contributed by atoms with E-state index >= 15 is 0 Å². The Hall–Kier alpha value is -4.60. The van der Waals surface area contributed by atoms with Crippen molar-refractivity contribution in [3.8, 4) is 56.2 Å².